The van der Waals surface area contributed by atoms with Gasteiger partial charge < -0.3 is 4.98 Å². The Balaban J connectivity index is 0.000000145. The van der Waals surface area contributed by atoms with Crippen molar-refractivity contribution < 1.29 is 9.59 Å². The second-order valence-electron chi connectivity index (χ2n) is 2.07. The molecule has 0 radical (unpaired) electrons. The van der Waals surface area contributed by atoms with Gasteiger partial charge in [-0.15, -0.1) is 0 Å². The number of dihydropyridines is 1. The molecule has 5 nitrogen and oxygen atoms in total. The molecule has 0 fully saturated rings. The minimum atomic E-state index is -0.687. The monoisotopic (exact) mass is 177 g/mol. The molecule has 5 heteroatoms. The van der Waals surface area contributed by atoms with Gasteiger partial charge in [0.2, 0.25) is 5.78 Å². The summed E-state index contributed by atoms with van der Waals surface area (Å²) < 4.78 is 0. The molecule has 0 aromatic carbocycles. The first-order valence-electron chi connectivity index (χ1n) is 3.52. The van der Waals surface area contributed by atoms with E-state index in [0.717, 1.165) is 0 Å². The number of hydrogen-bond acceptors (Lipinski definition) is 3. The summed E-state index contributed by atoms with van der Waals surface area (Å²) in [7, 11) is 0. The lowest BCUT2D eigenvalue weighted by atomic mass is 10.3. The van der Waals surface area contributed by atoms with Gasteiger partial charge in [0.15, 0.2) is 0 Å². The predicted octanol–water partition coefficient (Wildman–Crippen LogP) is 0.132. The van der Waals surface area contributed by atoms with Gasteiger partial charge in [-0.25, -0.2) is 9.98 Å². The molecule has 1 aliphatic rings. The van der Waals surface area contributed by atoms with Gasteiger partial charge in [-0.3, -0.25) is 9.59 Å². The van der Waals surface area contributed by atoms with Gasteiger partial charge in [0.05, 0.1) is 6.33 Å². The third kappa shape index (κ3) is 3.24. The maximum absolute atomic E-state index is 10.2. The maximum Gasteiger partial charge on any atom is 0.317 e. The Morgan fingerprint density at radius 2 is 2.15 bits per heavy atom. The summed E-state index contributed by atoms with van der Waals surface area (Å²) in [5.41, 5.74) is 0. The van der Waals surface area contributed by atoms with Gasteiger partial charge >= 0.3 is 5.91 Å². The lowest BCUT2D eigenvalue weighted by Crippen LogP contribution is -2.10. The highest BCUT2D eigenvalue weighted by Gasteiger charge is 2.08. The number of aromatic amines is 1. The van der Waals surface area contributed by atoms with Crippen molar-refractivity contribution in [3.05, 3.63) is 30.9 Å². The van der Waals surface area contributed by atoms with Crippen LogP contribution in [-0.2, 0) is 9.59 Å². The lowest BCUT2D eigenvalue weighted by Gasteiger charge is -1.87. The van der Waals surface area contributed by atoms with Gasteiger partial charge in [-0.1, -0.05) is 0 Å². The van der Waals surface area contributed by atoms with Gasteiger partial charge in [0.25, 0.3) is 0 Å². The first kappa shape index (κ1) is 9.05. The van der Waals surface area contributed by atoms with Crippen LogP contribution in [0.5, 0.6) is 0 Å². The Hall–Kier alpha value is -2.04. The fourth-order valence-electron chi connectivity index (χ4n) is 0.591. The van der Waals surface area contributed by atoms with Crippen LogP contribution in [0.1, 0.15) is 0 Å². The van der Waals surface area contributed by atoms with Gasteiger partial charge in [-0.05, 0) is 12.2 Å². The Morgan fingerprint density at radius 3 is 2.46 bits per heavy atom. The van der Waals surface area contributed by atoms with Crippen molar-refractivity contribution in [3.8, 4) is 0 Å². The zero-order valence-corrected chi connectivity index (χ0v) is 6.68. The topological polar surface area (TPSA) is 75.2 Å². The molecule has 0 bridgehead atoms. The van der Waals surface area contributed by atoms with Crippen LogP contribution < -0.4 is 0 Å². The molecule has 0 saturated heterocycles. The number of H-pyrrole nitrogens is 1. The van der Waals surface area contributed by atoms with Crippen LogP contribution in [0, 0.1) is 0 Å². The minimum absolute atomic E-state index is 0.549. The molecule has 0 saturated carbocycles. The second-order valence-corrected chi connectivity index (χ2v) is 2.07. The number of rotatable bonds is 0. The minimum Gasteiger partial charge on any atom is -0.351 e. The van der Waals surface area contributed by atoms with E-state index in [1.807, 2.05) is 0 Å². The second kappa shape index (κ2) is 4.76. The smallest absolute Gasteiger partial charge is 0.317 e. The van der Waals surface area contributed by atoms with E-state index < -0.39 is 11.7 Å². The normalized spacial score (nSPS) is 13.8. The Bertz CT molecular complexity index is 299. The zero-order valence-electron chi connectivity index (χ0n) is 6.68. The Labute approximate surface area is 74.2 Å². The number of aliphatic imine (C=N–C) groups is 1. The largest absolute Gasteiger partial charge is 0.351 e. The highest BCUT2D eigenvalue weighted by molar-refractivity contribution is 6.43. The third-order valence-corrected chi connectivity index (χ3v) is 1.14. The molecule has 1 amide bonds. The highest BCUT2D eigenvalue weighted by Crippen LogP contribution is 1.86. The van der Waals surface area contributed by atoms with E-state index in [9.17, 15) is 9.59 Å². The van der Waals surface area contributed by atoms with Crippen molar-refractivity contribution in [2.45, 2.75) is 0 Å². The number of allylic oxidation sites excluding steroid dienone is 1. The van der Waals surface area contributed by atoms with Crippen LogP contribution in [0.25, 0.3) is 0 Å². The van der Waals surface area contributed by atoms with Gasteiger partial charge in [0, 0.05) is 18.6 Å². The standard InChI is InChI=1S/C5H3NO2.C3H4N2/c7-4-2-1-3-6-5(4)8;1-2-5-3-4-1/h1-3H;1-3H,(H,4,5). The number of nitrogens with one attached hydrogen (secondary N) is 1. The Kier molecular flexibility index (Phi) is 3.31. The quantitative estimate of drug-likeness (QED) is 0.572. The van der Waals surface area contributed by atoms with E-state index in [0.29, 0.717) is 0 Å². The van der Waals surface area contributed by atoms with E-state index in [1.54, 1.807) is 18.7 Å². The molecule has 0 aliphatic carbocycles. The van der Waals surface area contributed by atoms with Crippen LogP contribution in [0.3, 0.4) is 0 Å². The predicted molar refractivity (Wildman–Crippen MR) is 46.2 cm³/mol. The highest BCUT2D eigenvalue weighted by atomic mass is 16.2. The molecule has 13 heavy (non-hydrogen) atoms. The molecular formula is C8H7N3O2. The lowest BCUT2D eigenvalue weighted by molar-refractivity contribution is -0.133. The summed E-state index contributed by atoms with van der Waals surface area (Å²) in [5, 5.41) is 0. The number of carbonyl (C=O) groups excluding carboxylic acids is 2. The summed E-state index contributed by atoms with van der Waals surface area (Å²) in [6.45, 7) is 0. The molecule has 2 heterocycles. The van der Waals surface area contributed by atoms with Crippen LogP contribution in [-0.4, -0.2) is 27.9 Å². The van der Waals surface area contributed by atoms with E-state index in [-0.39, 0.29) is 0 Å². The Morgan fingerprint density at radius 1 is 1.31 bits per heavy atom. The molecule has 66 valence electrons. The SMILES string of the molecule is O=C1C=CC=NC1=O.c1c[nH]cn1. The number of amides is 1. The number of aromatic nitrogens is 2. The number of carbonyl (C=O) groups is 2. The van der Waals surface area contributed by atoms with E-state index in [1.165, 1.54) is 18.4 Å². The molecule has 1 aromatic heterocycles. The third-order valence-electron chi connectivity index (χ3n) is 1.14. The van der Waals surface area contributed by atoms with Crippen molar-refractivity contribution in [2.24, 2.45) is 4.99 Å². The number of imidazole rings is 1. The first-order chi connectivity index (χ1) is 6.30. The van der Waals surface area contributed by atoms with Crippen LogP contribution in [0.2, 0.25) is 0 Å². The van der Waals surface area contributed by atoms with E-state index in [2.05, 4.69) is 15.0 Å². The van der Waals surface area contributed by atoms with Crippen LogP contribution >= 0.6 is 0 Å². The molecule has 1 N–H and O–H groups in total. The molecule has 2 rings (SSSR count). The van der Waals surface area contributed by atoms with Gasteiger partial charge in [0.1, 0.15) is 0 Å². The summed E-state index contributed by atoms with van der Waals surface area (Å²) in [6, 6.07) is 0. The van der Waals surface area contributed by atoms with Crippen molar-refractivity contribution >= 4 is 17.9 Å². The van der Waals surface area contributed by atoms with E-state index in [4.69, 9.17) is 0 Å². The summed E-state index contributed by atoms with van der Waals surface area (Å²) in [5.74, 6) is -1.24. The molecule has 1 aliphatic heterocycles. The number of ketones is 1. The van der Waals surface area contributed by atoms with Crippen LogP contribution in [0.15, 0.2) is 35.9 Å². The average molecular weight is 177 g/mol. The zero-order chi connectivity index (χ0) is 9.52. The molecule has 0 unspecified atom stereocenters. The average Bonchev–Trinajstić information content (AvgIpc) is 2.68. The van der Waals surface area contributed by atoms with Crippen LogP contribution in [0.4, 0.5) is 0 Å². The molecule has 0 atom stereocenters. The molecular weight excluding hydrogens is 170 g/mol. The summed E-state index contributed by atoms with van der Waals surface area (Å²) >= 11 is 0. The van der Waals surface area contributed by atoms with Gasteiger partial charge in [-0.2, -0.15) is 0 Å². The van der Waals surface area contributed by atoms with Crippen molar-refractivity contribution in [1.29, 1.82) is 0 Å². The molecule has 1 aromatic rings. The number of nitrogens with zero attached hydrogens (tertiary/aromatic N) is 2. The summed E-state index contributed by atoms with van der Waals surface area (Å²) in [4.78, 5) is 30.1. The fraction of sp³-hybridized carbons (Fsp3) is 0. The fourth-order valence-corrected chi connectivity index (χ4v) is 0.591. The first-order valence-corrected chi connectivity index (χ1v) is 3.52. The van der Waals surface area contributed by atoms with E-state index >= 15 is 0 Å². The van der Waals surface area contributed by atoms with Crippen molar-refractivity contribution in [2.75, 3.05) is 0 Å². The van der Waals surface area contributed by atoms with Crippen molar-refractivity contribution in [3.63, 3.8) is 0 Å². The molecule has 0 spiro atoms. The number of hydrogen-bond donors (Lipinski definition) is 1. The maximum atomic E-state index is 10.2. The van der Waals surface area contributed by atoms with Crippen molar-refractivity contribution in [1.82, 2.24) is 9.97 Å². The summed E-state index contributed by atoms with van der Waals surface area (Å²) in [6.07, 6.45) is 9.00.